The van der Waals surface area contributed by atoms with Gasteiger partial charge in [-0.05, 0) is 154 Å². The number of likely N-dealkylation sites (N-methyl/N-ethyl adjacent to an activating group) is 1. The SMILES string of the molecule is C=C1CC[C@H](O)C/C1=C/C=C1\CCC[C@]2(C)[C@@H]([C@H](C)/C=C/[C@H](C)C(C)C)CC[C@@H]12.Cc1cnc(NC(=O)C2=C(O)c3ccccc3S(=O)(=O)N2C)s1.OCCN1CCN(CCCN2c3ccccc3Sc3ccc(C(F)(F)F)cc32)CC1. The highest BCUT2D eigenvalue weighted by Gasteiger charge is 2.50. The second-order valence-corrected chi connectivity index (χ2v) is 27.7. The van der Waals surface area contributed by atoms with Crippen molar-refractivity contribution >= 4 is 61.3 Å². The van der Waals surface area contributed by atoms with Crippen molar-refractivity contribution in [3.63, 3.8) is 0 Å². The number of allylic oxidation sites excluding steroid dienone is 6. The van der Waals surface area contributed by atoms with Gasteiger partial charge in [-0.25, -0.2) is 13.4 Å². The zero-order chi connectivity index (χ0) is 59.1. The van der Waals surface area contributed by atoms with Crippen LogP contribution < -0.4 is 10.2 Å². The van der Waals surface area contributed by atoms with Gasteiger partial charge in [0.05, 0.1) is 34.5 Å². The second-order valence-electron chi connectivity index (χ2n) is 23.4. The van der Waals surface area contributed by atoms with Crippen LogP contribution in [0.4, 0.5) is 29.7 Å². The van der Waals surface area contributed by atoms with Crippen LogP contribution in [0.3, 0.4) is 0 Å². The monoisotopic (exact) mass is 1180 g/mol. The van der Waals surface area contributed by atoms with E-state index in [4.69, 9.17) is 5.11 Å². The zero-order valence-corrected chi connectivity index (χ0v) is 51.0. The van der Waals surface area contributed by atoms with Crippen molar-refractivity contribution in [2.24, 2.45) is 35.0 Å². The molecule has 4 heterocycles. The molecule has 0 radical (unpaired) electrons. The van der Waals surface area contributed by atoms with E-state index in [0.29, 0.717) is 41.2 Å². The van der Waals surface area contributed by atoms with Gasteiger partial charge in [-0.1, -0.05) is 113 Å². The van der Waals surface area contributed by atoms with Gasteiger partial charge in [0.15, 0.2) is 16.6 Å². The Morgan fingerprint density at radius 3 is 2.30 bits per heavy atom. The number of anilines is 3. The van der Waals surface area contributed by atoms with Crippen LogP contribution in [0.25, 0.3) is 5.76 Å². The van der Waals surface area contributed by atoms with Gasteiger partial charge >= 0.3 is 6.18 Å². The number of sulfonamides is 1. The molecule has 1 saturated heterocycles. The third-order valence-electron chi connectivity index (χ3n) is 17.7. The molecule has 6 atom stereocenters. The molecule has 4 aromatic rings. The molecule has 0 bridgehead atoms. The highest BCUT2D eigenvalue weighted by atomic mass is 32.2. The van der Waals surface area contributed by atoms with E-state index in [0.717, 1.165) is 101 Å². The number of alkyl halides is 3. The molecule has 18 heteroatoms. The molecule has 82 heavy (non-hydrogen) atoms. The Kier molecular flexibility index (Phi) is 20.9. The lowest BCUT2D eigenvalue weighted by Crippen LogP contribution is -2.47. The lowest BCUT2D eigenvalue weighted by atomic mass is 9.61. The maximum Gasteiger partial charge on any atom is 0.416 e. The molecule has 0 unspecified atom stereocenters. The molecule has 3 aliphatic heterocycles. The van der Waals surface area contributed by atoms with E-state index in [1.165, 1.54) is 97.7 Å². The number of carbonyl (C=O) groups is 1. The van der Waals surface area contributed by atoms with E-state index in [9.17, 15) is 36.6 Å². The quantitative estimate of drug-likeness (QED) is 0.0948. The predicted octanol–water partition coefficient (Wildman–Crippen LogP) is 13.9. The molecule has 4 fully saturated rings. The van der Waals surface area contributed by atoms with Gasteiger partial charge in [0.1, 0.15) is 0 Å². The van der Waals surface area contributed by atoms with Gasteiger partial charge in [0.25, 0.3) is 15.9 Å². The van der Waals surface area contributed by atoms with Crippen LogP contribution in [0.1, 0.15) is 108 Å². The number of halogens is 3. The molecule has 1 amide bonds. The summed E-state index contributed by atoms with van der Waals surface area (Å²) in [5.41, 5.74) is 5.38. The molecule has 444 valence electrons. The Balaban J connectivity index is 0.000000162. The van der Waals surface area contributed by atoms with Gasteiger partial charge in [-0.3, -0.25) is 19.3 Å². The Bertz CT molecular complexity index is 3150. The fraction of sp³-hybridized carbons (Fsp3) is 0.500. The minimum Gasteiger partial charge on any atom is -0.505 e. The van der Waals surface area contributed by atoms with Crippen molar-refractivity contribution in [3.05, 3.63) is 142 Å². The Hall–Kier alpha value is -5.21. The number of para-hydroxylation sites is 1. The molecule has 10 rings (SSSR count). The fourth-order valence-corrected chi connectivity index (χ4v) is 15.7. The summed E-state index contributed by atoms with van der Waals surface area (Å²) >= 11 is 2.78. The van der Waals surface area contributed by atoms with E-state index in [-0.39, 0.29) is 34.6 Å². The first kappa shape index (κ1) is 62.8. The van der Waals surface area contributed by atoms with Crippen LogP contribution in [-0.2, 0) is 21.0 Å². The van der Waals surface area contributed by atoms with E-state index in [1.54, 1.807) is 30.0 Å². The van der Waals surface area contributed by atoms with E-state index < -0.39 is 27.7 Å². The third-order valence-corrected chi connectivity index (χ3v) is 21.5. The molecule has 3 saturated carbocycles. The molecular weight excluding hydrogens is 1100 g/mol. The zero-order valence-electron chi connectivity index (χ0n) is 48.6. The van der Waals surface area contributed by atoms with Crippen molar-refractivity contribution in [1.82, 2.24) is 19.1 Å². The minimum atomic E-state index is -4.35. The Morgan fingerprint density at radius 2 is 1.61 bits per heavy atom. The van der Waals surface area contributed by atoms with E-state index in [2.05, 4.69) is 85.6 Å². The summed E-state index contributed by atoms with van der Waals surface area (Å²) in [6.07, 6.45) is 16.9. The standard InChI is InChI=1S/C28H44O.C22H26F3N3OS.C14H13N3O4S2/c1-19(2)20(3)9-10-22(5)26-15-16-27-23(8-7-17-28(26,27)6)12-13-24-18-25(29)14-11-21(24)4;23-22(24,25)17-6-7-21-19(16-17)28(18-4-1-2-5-20(18)30-21)9-3-8-26-10-12-27(13-11-26)14-15-29;1-8-7-15-14(22-8)16-13(19)11-12(18)9-5-3-4-6-10(9)23(20,21)17(11)2/h9-10,12-13,19-20,22,25-27,29H,4,7-8,11,14-18H2,1-3,5-6H3;1-2,4-7,16,29H,3,8-15H2;3-7,18H,1-2H3,(H,15,16,19)/b10-9+,23-12+,24-13-;;/t20-,22+,25-,26+,27-,28+;;/m0../s1. The summed E-state index contributed by atoms with van der Waals surface area (Å²) in [6.45, 7) is 24.4. The number of amides is 1. The van der Waals surface area contributed by atoms with Crippen LogP contribution in [0.15, 0.2) is 141 Å². The number of nitrogens with zero attached hydrogens (tertiary/aromatic N) is 5. The van der Waals surface area contributed by atoms with Gasteiger partial charge in [0, 0.05) is 72.7 Å². The highest BCUT2D eigenvalue weighted by molar-refractivity contribution is 7.99. The number of hydrogen-bond acceptors (Lipinski definition) is 12. The van der Waals surface area contributed by atoms with Crippen LogP contribution >= 0.6 is 23.1 Å². The molecule has 1 aromatic heterocycles. The van der Waals surface area contributed by atoms with Crippen molar-refractivity contribution in [2.75, 3.05) is 69.7 Å². The second kappa shape index (κ2) is 27.2. The maximum atomic E-state index is 13.3. The average Bonchev–Trinajstić information content (AvgIpc) is 4.01. The van der Waals surface area contributed by atoms with Crippen molar-refractivity contribution < 1.29 is 41.7 Å². The maximum absolute atomic E-state index is 13.3. The normalized spacial score (nSPS) is 24.5. The summed E-state index contributed by atoms with van der Waals surface area (Å²) in [4.78, 5) is 25.9. The summed E-state index contributed by atoms with van der Waals surface area (Å²) in [5.74, 6) is 2.45. The van der Waals surface area contributed by atoms with E-state index in [1.807, 2.05) is 36.1 Å². The number of hydrogen-bond donors (Lipinski definition) is 4. The van der Waals surface area contributed by atoms with E-state index >= 15 is 0 Å². The van der Waals surface area contributed by atoms with Crippen LogP contribution in [0.2, 0.25) is 0 Å². The molecular formula is C64H83F3N6O6S3. The Morgan fingerprint density at radius 1 is 0.915 bits per heavy atom. The highest BCUT2D eigenvalue weighted by Crippen LogP contribution is 2.60. The first-order valence-electron chi connectivity index (χ1n) is 29.0. The molecule has 0 spiro atoms. The summed E-state index contributed by atoms with van der Waals surface area (Å²) < 4.78 is 65.7. The lowest BCUT2D eigenvalue weighted by molar-refractivity contribution is -0.137. The number of aliphatic hydroxyl groups is 3. The topological polar surface area (TPSA) is 150 Å². The van der Waals surface area contributed by atoms with Crippen LogP contribution in [0.5, 0.6) is 0 Å². The average molecular weight is 1190 g/mol. The fourth-order valence-electron chi connectivity index (χ4n) is 12.6. The largest absolute Gasteiger partial charge is 0.505 e. The molecule has 3 aliphatic carbocycles. The Labute approximate surface area is 492 Å². The number of β-amino-alcohol motifs (C(OH)–C–C–N with tert-alkyl or cyclic N) is 1. The molecule has 6 aliphatic rings. The van der Waals surface area contributed by atoms with Crippen molar-refractivity contribution in [1.29, 1.82) is 0 Å². The number of aliphatic hydroxyl groups excluding tert-OH is 3. The molecule has 3 aromatic carbocycles. The third kappa shape index (κ3) is 14.6. The summed E-state index contributed by atoms with van der Waals surface area (Å²) in [5, 5.41) is 32.3. The first-order chi connectivity index (χ1) is 39.0. The number of carbonyl (C=O) groups excluding carboxylic acids is 1. The summed E-state index contributed by atoms with van der Waals surface area (Å²) in [6, 6.07) is 17.9. The minimum absolute atomic E-state index is 0.0401. The van der Waals surface area contributed by atoms with Crippen molar-refractivity contribution in [3.8, 4) is 0 Å². The number of thiazole rings is 1. The number of rotatable bonds is 13. The van der Waals surface area contributed by atoms with Crippen molar-refractivity contribution in [2.45, 2.75) is 126 Å². The molecule has 4 N–H and O–H groups in total. The smallest absolute Gasteiger partial charge is 0.416 e. The van der Waals surface area contributed by atoms with Gasteiger partial charge in [-0.15, -0.1) is 11.3 Å². The number of fused-ring (bicyclic) bond motifs is 4. The predicted molar refractivity (Wildman–Crippen MR) is 326 cm³/mol. The van der Waals surface area contributed by atoms with Gasteiger partial charge in [0.2, 0.25) is 0 Å². The first-order valence-corrected chi connectivity index (χ1v) is 32.1. The van der Waals surface area contributed by atoms with Crippen LogP contribution in [0, 0.1) is 41.9 Å². The summed E-state index contributed by atoms with van der Waals surface area (Å²) in [7, 11) is -2.67. The molecule has 12 nitrogen and oxygen atoms in total. The van der Waals surface area contributed by atoms with Crippen LogP contribution in [-0.4, -0.2) is 114 Å². The van der Waals surface area contributed by atoms with Gasteiger partial charge in [-0.2, -0.15) is 13.2 Å². The number of piperazine rings is 1. The number of aryl methyl sites for hydroxylation is 1. The number of aromatic nitrogens is 1. The number of nitrogens with one attached hydrogen (secondary N) is 1. The van der Waals surface area contributed by atoms with Gasteiger partial charge < -0.3 is 25.1 Å². The lowest BCUT2D eigenvalue weighted by Gasteiger charge is -2.44. The number of benzene rings is 3.